The van der Waals surface area contributed by atoms with Crippen molar-refractivity contribution in [2.24, 2.45) is 0 Å². The Kier molecular flexibility index (Phi) is 3.87. The Bertz CT molecular complexity index is 683. The third-order valence-electron chi connectivity index (χ3n) is 3.80. The largest absolute Gasteiger partial charge is 0.497 e. The molecule has 1 heterocycles. The molecule has 5 nitrogen and oxygen atoms in total. The van der Waals surface area contributed by atoms with Crippen LogP contribution in [-0.2, 0) is 11.2 Å². The zero-order valence-electron chi connectivity index (χ0n) is 12.5. The van der Waals surface area contributed by atoms with E-state index in [1.54, 1.807) is 7.11 Å². The standard InChI is InChI=1S/C17H19N3O2/c1-22-15-5-3-14(4-6-15)19-17(21)11-20-9-8-12-10-13(18)2-7-16(12)20/h2-7,10H,8-9,11,18H2,1H3,(H,19,21). The summed E-state index contributed by atoms with van der Waals surface area (Å²) < 4.78 is 5.10. The summed E-state index contributed by atoms with van der Waals surface area (Å²) in [6.45, 7) is 1.18. The van der Waals surface area contributed by atoms with E-state index < -0.39 is 0 Å². The molecule has 1 aliphatic rings. The number of amides is 1. The first-order chi connectivity index (χ1) is 10.7. The zero-order valence-corrected chi connectivity index (χ0v) is 12.5. The van der Waals surface area contributed by atoms with E-state index in [1.165, 1.54) is 5.56 Å². The van der Waals surface area contributed by atoms with Crippen molar-refractivity contribution in [3.8, 4) is 5.75 Å². The number of hydrogen-bond donors (Lipinski definition) is 2. The highest BCUT2D eigenvalue weighted by molar-refractivity contribution is 5.94. The Morgan fingerprint density at radius 2 is 2.05 bits per heavy atom. The topological polar surface area (TPSA) is 67.6 Å². The molecule has 5 heteroatoms. The molecule has 0 bridgehead atoms. The molecule has 3 rings (SSSR count). The Hall–Kier alpha value is -2.69. The van der Waals surface area contributed by atoms with Crippen LogP contribution >= 0.6 is 0 Å². The molecule has 0 saturated carbocycles. The molecule has 0 spiro atoms. The molecular weight excluding hydrogens is 278 g/mol. The number of methoxy groups -OCH3 is 1. The van der Waals surface area contributed by atoms with Gasteiger partial charge in [0.15, 0.2) is 0 Å². The second-order valence-corrected chi connectivity index (χ2v) is 5.34. The Morgan fingerprint density at radius 3 is 2.77 bits per heavy atom. The van der Waals surface area contributed by atoms with Gasteiger partial charge >= 0.3 is 0 Å². The van der Waals surface area contributed by atoms with Crippen LogP contribution in [0.4, 0.5) is 17.1 Å². The van der Waals surface area contributed by atoms with E-state index in [-0.39, 0.29) is 5.91 Å². The van der Waals surface area contributed by atoms with E-state index in [1.807, 2.05) is 42.5 Å². The van der Waals surface area contributed by atoms with Gasteiger partial charge in [0.05, 0.1) is 13.7 Å². The lowest BCUT2D eigenvalue weighted by Gasteiger charge is -2.19. The van der Waals surface area contributed by atoms with Gasteiger partial charge in [-0.15, -0.1) is 0 Å². The molecule has 0 aliphatic carbocycles. The fourth-order valence-electron chi connectivity index (χ4n) is 2.70. The lowest BCUT2D eigenvalue weighted by Crippen LogP contribution is -2.31. The maximum absolute atomic E-state index is 12.2. The fourth-order valence-corrected chi connectivity index (χ4v) is 2.70. The number of nitrogen functional groups attached to an aromatic ring is 1. The first kappa shape index (κ1) is 14.3. The molecule has 0 radical (unpaired) electrons. The van der Waals surface area contributed by atoms with Gasteiger partial charge in [-0.3, -0.25) is 4.79 Å². The van der Waals surface area contributed by atoms with Crippen molar-refractivity contribution in [3.63, 3.8) is 0 Å². The van der Waals surface area contributed by atoms with Crippen LogP contribution in [0.25, 0.3) is 0 Å². The monoisotopic (exact) mass is 297 g/mol. The number of carbonyl (C=O) groups is 1. The highest BCUT2D eigenvalue weighted by atomic mass is 16.5. The molecule has 0 atom stereocenters. The molecule has 0 saturated heterocycles. The number of nitrogens with two attached hydrogens (primary N) is 1. The molecule has 2 aromatic carbocycles. The van der Waals surface area contributed by atoms with Gasteiger partial charge in [0.25, 0.3) is 0 Å². The number of nitrogens with zero attached hydrogens (tertiary/aromatic N) is 1. The molecule has 2 aromatic rings. The summed E-state index contributed by atoms with van der Waals surface area (Å²) in [6.07, 6.45) is 0.927. The maximum atomic E-state index is 12.2. The summed E-state index contributed by atoms with van der Waals surface area (Å²) in [5.74, 6) is 0.735. The fraction of sp³-hybridized carbons (Fsp3) is 0.235. The molecule has 114 valence electrons. The lowest BCUT2D eigenvalue weighted by atomic mass is 10.1. The minimum atomic E-state index is -0.0326. The molecule has 0 aromatic heterocycles. The average Bonchev–Trinajstić information content (AvgIpc) is 2.90. The van der Waals surface area contributed by atoms with Crippen LogP contribution in [-0.4, -0.2) is 26.1 Å². The maximum Gasteiger partial charge on any atom is 0.243 e. The smallest absolute Gasteiger partial charge is 0.243 e. The summed E-state index contributed by atoms with van der Waals surface area (Å²) >= 11 is 0. The third-order valence-corrected chi connectivity index (χ3v) is 3.80. The number of rotatable bonds is 4. The molecule has 0 unspecified atom stereocenters. The van der Waals surface area contributed by atoms with Gasteiger partial charge in [-0.05, 0) is 54.4 Å². The number of fused-ring (bicyclic) bond motifs is 1. The highest BCUT2D eigenvalue weighted by Crippen LogP contribution is 2.29. The van der Waals surface area contributed by atoms with Crippen molar-refractivity contribution in [2.75, 3.05) is 36.1 Å². The van der Waals surface area contributed by atoms with E-state index in [2.05, 4.69) is 10.2 Å². The Labute approximate surface area is 129 Å². The predicted molar refractivity (Wildman–Crippen MR) is 88.4 cm³/mol. The van der Waals surface area contributed by atoms with Crippen molar-refractivity contribution in [3.05, 3.63) is 48.0 Å². The van der Waals surface area contributed by atoms with Gasteiger partial charge in [-0.2, -0.15) is 0 Å². The van der Waals surface area contributed by atoms with Crippen molar-refractivity contribution >= 4 is 23.0 Å². The third kappa shape index (κ3) is 2.98. The Morgan fingerprint density at radius 1 is 1.27 bits per heavy atom. The van der Waals surface area contributed by atoms with Gasteiger partial charge < -0.3 is 20.7 Å². The molecule has 1 aliphatic heterocycles. The first-order valence-electron chi connectivity index (χ1n) is 7.23. The minimum Gasteiger partial charge on any atom is -0.497 e. The Balaban J connectivity index is 1.63. The summed E-state index contributed by atoms with van der Waals surface area (Å²) in [7, 11) is 1.62. The van der Waals surface area contributed by atoms with Crippen molar-refractivity contribution in [1.82, 2.24) is 0 Å². The second kappa shape index (κ2) is 5.97. The number of ether oxygens (including phenoxy) is 1. The summed E-state index contributed by atoms with van der Waals surface area (Å²) in [5, 5.41) is 2.90. The second-order valence-electron chi connectivity index (χ2n) is 5.34. The lowest BCUT2D eigenvalue weighted by molar-refractivity contribution is -0.115. The number of benzene rings is 2. The molecule has 3 N–H and O–H groups in total. The number of anilines is 3. The van der Waals surface area contributed by atoms with Crippen LogP contribution in [0.3, 0.4) is 0 Å². The van der Waals surface area contributed by atoms with Crippen LogP contribution in [0.2, 0.25) is 0 Å². The van der Waals surface area contributed by atoms with Crippen LogP contribution in [0, 0.1) is 0 Å². The van der Waals surface area contributed by atoms with Gasteiger partial charge in [0.2, 0.25) is 5.91 Å². The number of carbonyl (C=O) groups excluding carboxylic acids is 1. The summed E-state index contributed by atoms with van der Waals surface area (Å²) in [5.41, 5.74) is 9.63. The van der Waals surface area contributed by atoms with E-state index in [9.17, 15) is 4.79 Å². The molecule has 1 amide bonds. The molecular formula is C17H19N3O2. The van der Waals surface area contributed by atoms with Gasteiger partial charge in [-0.1, -0.05) is 0 Å². The molecule has 22 heavy (non-hydrogen) atoms. The number of hydrogen-bond acceptors (Lipinski definition) is 4. The summed E-state index contributed by atoms with van der Waals surface area (Å²) in [4.78, 5) is 14.3. The van der Waals surface area contributed by atoms with Crippen LogP contribution < -0.4 is 20.7 Å². The van der Waals surface area contributed by atoms with E-state index in [0.717, 1.165) is 35.8 Å². The quantitative estimate of drug-likeness (QED) is 0.850. The van der Waals surface area contributed by atoms with E-state index >= 15 is 0 Å². The van der Waals surface area contributed by atoms with Crippen molar-refractivity contribution in [2.45, 2.75) is 6.42 Å². The van der Waals surface area contributed by atoms with E-state index in [0.29, 0.717) is 6.54 Å². The van der Waals surface area contributed by atoms with Crippen LogP contribution in [0.15, 0.2) is 42.5 Å². The highest BCUT2D eigenvalue weighted by Gasteiger charge is 2.21. The van der Waals surface area contributed by atoms with Gasteiger partial charge in [0, 0.05) is 23.6 Å². The van der Waals surface area contributed by atoms with E-state index in [4.69, 9.17) is 10.5 Å². The van der Waals surface area contributed by atoms with Crippen LogP contribution in [0.1, 0.15) is 5.56 Å². The SMILES string of the molecule is COc1ccc(NC(=O)CN2CCc3cc(N)ccc32)cc1. The zero-order chi connectivity index (χ0) is 15.5. The van der Waals surface area contributed by atoms with Crippen molar-refractivity contribution < 1.29 is 9.53 Å². The normalized spacial score (nSPS) is 12.9. The summed E-state index contributed by atoms with van der Waals surface area (Å²) in [6, 6.07) is 13.1. The first-order valence-corrected chi connectivity index (χ1v) is 7.23. The van der Waals surface area contributed by atoms with Gasteiger partial charge in [-0.25, -0.2) is 0 Å². The number of nitrogens with one attached hydrogen (secondary N) is 1. The van der Waals surface area contributed by atoms with Gasteiger partial charge in [0.1, 0.15) is 5.75 Å². The van der Waals surface area contributed by atoms with Crippen molar-refractivity contribution in [1.29, 1.82) is 0 Å². The average molecular weight is 297 g/mol. The molecule has 0 fully saturated rings. The van der Waals surface area contributed by atoms with Crippen LogP contribution in [0.5, 0.6) is 5.75 Å². The minimum absolute atomic E-state index is 0.0326. The predicted octanol–water partition coefficient (Wildman–Crippen LogP) is 2.28.